The second-order valence-corrected chi connectivity index (χ2v) is 6.57. The number of rotatable bonds is 3. The quantitative estimate of drug-likeness (QED) is 0.783. The molecule has 1 aromatic carbocycles. The number of nitrogens with one attached hydrogen (secondary N) is 1. The van der Waals surface area contributed by atoms with Crippen LogP contribution in [0, 0.1) is 6.92 Å². The summed E-state index contributed by atoms with van der Waals surface area (Å²) in [7, 11) is 2.07. The molecule has 5 nitrogen and oxygen atoms in total. The maximum Gasteiger partial charge on any atom is 0.127 e. The van der Waals surface area contributed by atoms with Gasteiger partial charge in [-0.15, -0.1) is 12.4 Å². The van der Waals surface area contributed by atoms with Crippen LogP contribution in [0.3, 0.4) is 0 Å². The number of fused-ring (bicyclic) bond motifs is 1. The van der Waals surface area contributed by atoms with Crippen molar-refractivity contribution in [3.8, 4) is 0 Å². The van der Waals surface area contributed by atoms with Crippen LogP contribution in [0.25, 0.3) is 10.9 Å². The summed E-state index contributed by atoms with van der Waals surface area (Å²) in [5.41, 5.74) is 3.46. The zero-order valence-corrected chi connectivity index (χ0v) is 15.5. The fraction of sp³-hybridized carbons (Fsp3) is 0.368. The van der Waals surface area contributed by atoms with E-state index in [-0.39, 0.29) is 12.4 Å². The second-order valence-electron chi connectivity index (χ2n) is 6.57. The van der Waals surface area contributed by atoms with Crippen molar-refractivity contribution < 1.29 is 0 Å². The average Bonchev–Trinajstić information content (AvgIpc) is 3.01. The molecule has 0 saturated carbocycles. The third-order valence-corrected chi connectivity index (χ3v) is 4.79. The van der Waals surface area contributed by atoms with Crippen molar-refractivity contribution in [2.75, 3.05) is 19.6 Å². The second kappa shape index (κ2) is 7.52. The van der Waals surface area contributed by atoms with Crippen molar-refractivity contribution in [2.45, 2.75) is 19.5 Å². The molecule has 0 radical (unpaired) electrons. The Bertz CT molecular complexity index is 860. The van der Waals surface area contributed by atoms with E-state index in [4.69, 9.17) is 0 Å². The third-order valence-electron chi connectivity index (χ3n) is 4.79. The van der Waals surface area contributed by atoms with E-state index in [0.29, 0.717) is 6.04 Å². The van der Waals surface area contributed by atoms with E-state index in [9.17, 15) is 0 Å². The maximum absolute atomic E-state index is 4.59. The van der Waals surface area contributed by atoms with E-state index in [1.165, 1.54) is 10.9 Å². The van der Waals surface area contributed by atoms with Crippen molar-refractivity contribution in [3.63, 3.8) is 0 Å². The number of benzene rings is 1. The minimum atomic E-state index is 0. The number of imidazole rings is 1. The molecule has 1 aliphatic rings. The molecule has 1 N–H and O–H groups in total. The standard InChI is InChI=1S/C19H23N5.ClH/c1-14-3-5-16-11-15(4-6-17(16)22-14)13-24-10-7-20-12-18(24)19-21-8-9-23(19)2;/h3-6,8-9,11,18,20H,7,10,12-13H2,1-2H3;1H. The van der Waals surface area contributed by atoms with Gasteiger partial charge in [0.2, 0.25) is 0 Å². The summed E-state index contributed by atoms with van der Waals surface area (Å²) in [6.07, 6.45) is 3.90. The van der Waals surface area contributed by atoms with Crippen molar-refractivity contribution in [1.29, 1.82) is 0 Å². The lowest BCUT2D eigenvalue weighted by atomic mass is 10.1. The molecule has 0 bridgehead atoms. The van der Waals surface area contributed by atoms with Gasteiger partial charge in [0, 0.05) is 56.7 Å². The predicted octanol–water partition coefficient (Wildman–Crippen LogP) is 2.85. The van der Waals surface area contributed by atoms with Crippen LogP contribution in [0.15, 0.2) is 42.7 Å². The molecule has 0 aliphatic carbocycles. The van der Waals surface area contributed by atoms with Gasteiger partial charge in [0.1, 0.15) is 5.82 Å². The molecule has 25 heavy (non-hydrogen) atoms. The summed E-state index contributed by atoms with van der Waals surface area (Å²) < 4.78 is 2.12. The number of aryl methyl sites for hydroxylation is 2. The van der Waals surface area contributed by atoms with Gasteiger partial charge in [-0.3, -0.25) is 9.88 Å². The van der Waals surface area contributed by atoms with E-state index >= 15 is 0 Å². The Hall–Kier alpha value is -1.95. The molecule has 6 heteroatoms. The van der Waals surface area contributed by atoms with Crippen LogP contribution in [0.1, 0.15) is 23.1 Å². The first-order valence-corrected chi connectivity index (χ1v) is 8.49. The van der Waals surface area contributed by atoms with E-state index in [0.717, 1.165) is 43.2 Å². The van der Waals surface area contributed by atoms with Crippen LogP contribution in [0.4, 0.5) is 0 Å². The monoisotopic (exact) mass is 357 g/mol. The molecule has 1 unspecified atom stereocenters. The first kappa shape index (κ1) is 17.9. The van der Waals surface area contributed by atoms with Crippen LogP contribution in [0.2, 0.25) is 0 Å². The Morgan fingerprint density at radius 3 is 2.92 bits per heavy atom. The lowest BCUT2D eigenvalue weighted by Crippen LogP contribution is -2.46. The third kappa shape index (κ3) is 3.68. The lowest BCUT2D eigenvalue weighted by molar-refractivity contribution is 0.145. The van der Waals surface area contributed by atoms with Gasteiger partial charge in [0.15, 0.2) is 0 Å². The maximum atomic E-state index is 4.59. The summed E-state index contributed by atoms with van der Waals surface area (Å²) in [5.74, 6) is 1.13. The SMILES string of the molecule is Cc1ccc2cc(CN3CCNCC3c3nccn3C)ccc2n1.Cl. The number of aromatic nitrogens is 3. The van der Waals surface area contributed by atoms with Gasteiger partial charge < -0.3 is 9.88 Å². The zero-order chi connectivity index (χ0) is 16.5. The summed E-state index contributed by atoms with van der Waals surface area (Å²) in [6.45, 7) is 5.96. The highest BCUT2D eigenvalue weighted by Crippen LogP contribution is 2.24. The highest BCUT2D eigenvalue weighted by molar-refractivity contribution is 5.85. The van der Waals surface area contributed by atoms with Crippen LogP contribution < -0.4 is 5.32 Å². The smallest absolute Gasteiger partial charge is 0.127 e. The molecule has 1 fully saturated rings. The summed E-state index contributed by atoms with van der Waals surface area (Å²) in [6, 6.07) is 11.1. The lowest BCUT2D eigenvalue weighted by Gasteiger charge is -2.35. The number of hydrogen-bond acceptors (Lipinski definition) is 4. The number of piperazine rings is 1. The Labute approximate surface area is 154 Å². The van der Waals surface area contributed by atoms with Gasteiger partial charge in [0.25, 0.3) is 0 Å². The minimum Gasteiger partial charge on any atom is -0.337 e. The molecule has 0 amide bonds. The molecule has 1 atom stereocenters. The van der Waals surface area contributed by atoms with Gasteiger partial charge >= 0.3 is 0 Å². The Morgan fingerprint density at radius 2 is 2.12 bits per heavy atom. The van der Waals surface area contributed by atoms with Crippen LogP contribution in [-0.4, -0.2) is 39.1 Å². The summed E-state index contributed by atoms with van der Waals surface area (Å²) >= 11 is 0. The van der Waals surface area contributed by atoms with E-state index < -0.39 is 0 Å². The molecular weight excluding hydrogens is 334 g/mol. The highest BCUT2D eigenvalue weighted by Gasteiger charge is 2.26. The first-order valence-electron chi connectivity index (χ1n) is 8.49. The topological polar surface area (TPSA) is 46.0 Å². The normalized spacial score (nSPS) is 18.2. The van der Waals surface area contributed by atoms with Gasteiger partial charge in [0.05, 0.1) is 11.6 Å². The molecule has 0 spiro atoms. The van der Waals surface area contributed by atoms with Crippen molar-refractivity contribution in [3.05, 3.63) is 59.8 Å². The fourth-order valence-electron chi connectivity index (χ4n) is 3.50. The Morgan fingerprint density at radius 1 is 1.24 bits per heavy atom. The van der Waals surface area contributed by atoms with Crippen LogP contribution >= 0.6 is 12.4 Å². The largest absolute Gasteiger partial charge is 0.337 e. The molecule has 1 saturated heterocycles. The molecule has 1 aliphatic heterocycles. The molecule has 3 aromatic rings. The van der Waals surface area contributed by atoms with Gasteiger partial charge in [-0.2, -0.15) is 0 Å². The average molecular weight is 358 g/mol. The fourth-order valence-corrected chi connectivity index (χ4v) is 3.50. The summed E-state index contributed by atoms with van der Waals surface area (Å²) in [5, 5.41) is 4.71. The van der Waals surface area contributed by atoms with Gasteiger partial charge in [-0.05, 0) is 30.7 Å². The number of nitrogens with zero attached hydrogens (tertiary/aromatic N) is 4. The molecule has 2 aromatic heterocycles. The number of halogens is 1. The van der Waals surface area contributed by atoms with Crippen LogP contribution in [-0.2, 0) is 13.6 Å². The van der Waals surface area contributed by atoms with E-state index in [1.807, 2.05) is 19.3 Å². The highest BCUT2D eigenvalue weighted by atomic mass is 35.5. The van der Waals surface area contributed by atoms with Crippen molar-refractivity contribution >= 4 is 23.3 Å². The molecule has 4 rings (SSSR count). The van der Waals surface area contributed by atoms with Gasteiger partial charge in [-0.1, -0.05) is 12.1 Å². The van der Waals surface area contributed by atoms with Gasteiger partial charge in [-0.25, -0.2) is 4.98 Å². The Balaban J connectivity index is 0.00000182. The number of pyridine rings is 1. The predicted molar refractivity (Wildman–Crippen MR) is 103 cm³/mol. The van der Waals surface area contributed by atoms with E-state index in [2.05, 4.69) is 62.1 Å². The minimum absolute atomic E-state index is 0. The zero-order valence-electron chi connectivity index (χ0n) is 14.6. The number of hydrogen-bond donors (Lipinski definition) is 1. The van der Waals surface area contributed by atoms with Crippen molar-refractivity contribution in [1.82, 2.24) is 24.8 Å². The van der Waals surface area contributed by atoms with Crippen LogP contribution in [0.5, 0.6) is 0 Å². The summed E-state index contributed by atoms with van der Waals surface area (Å²) in [4.78, 5) is 11.7. The van der Waals surface area contributed by atoms with Crippen molar-refractivity contribution in [2.24, 2.45) is 7.05 Å². The molecule has 3 heterocycles. The molecular formula is C19H24ClN5. The first-order chi connectivity index (χ1) is 11.7. The Kier molecular flexibility index (Phi) is 5.37. The van der Waals surface area contributed by atoms with E-state index in [1.54, 1.807) is 0 Å². The molecule has 132 valence electrons.